The minimum atomic E-state index is 0.611. The monoisotopic (exact) mass is 238 g/mol. The minimum Gasteiger partial charge on any atom is -0.382 e. The molecule has 0 atom stereocenters. The summed E-state index contributed by atoms with van der Waals surface area (Å²) in [6.07, 6.45) is 0.989. The molecule has 0 aromatic rings. The molecule has 5 heteroatoms. The molecule has 0 bridgehead atoms. The van der Waals surface area contributed by atoms with Crippen molar-refractivity contribution in [3.05, 3.63) is 0 Å². The summed E-state index contributed by atoms with van der Waals surface area (Å²) >= 11 is 4.08. The van der Waals surface area contributed by atoms with Gasteiger partial charge in [-0.3, -0.25) is 0 Å². The summed E-state index contributed by atoms with van der Waals surface area (Å²) in [5, 5.41) is 0. The second-order valence-corrected chi connectivity index (χ2v) is 3.35. The van der Waals surface area contributed by atoms with Crippen molar-refractivity contribution in [2.75, 3.05) is 59.1 Å². The van der Waals surface area contributed by atoms with Crippen LogP contribution in [0, 0.1) is 0 Å². The van der Waals surface area contributed by atoms with Crippen LogP contribution in [0.4, 0.5) is 0 Å². The fraction of sp³-hybridized carbons (Fsp3) is 1.00. The summed E-state index contributed by atoms with van der Waals surface area (Å²) < 4.78 is 20.6. The molecule has 4 nitrogen and oxygen atoms in total. The maximum absolute atomic E-state index is 5.28. The summed E-state index contributed by atoms with van der Waals surface area (Å²) in [5.74, 6) is 0.869. The van der Waals surface area contributed by atoms with Gasteiger partial charge in [0.05, 0.1) is 39.6 Å². The number of thiol groups is 1. The van der Waals surface area contributed by atoms with Crippen molar-refractivity contribution < 1.29 is 18.9 Å². The Bertz CT molecular complexity index is 102. The van der Waals surface area contributed by atoms with Crippen molar-refractivity contribution in [3.63, 3.8) is 0 Å². The smallest absolute Gasteiger partial charge is 0.0701 e. The van der Waals surface area contributed by atoms with Crippen molar-refractivity contribution in [1.29, 1.82) is 0 Å². The first kappa shape index (κ1) is 15.2. The van der Waals surface area contributed by atoms with Crippen LogP contribution in [0.1, 0.15) is 6.42 Å². The molecule has 0 rings (SSSR count). The molecule has 0 aliphatic carbocycles. The lowest BCUT2D eigenvalue weighted by molar-refractivity contribution is 0.00386. The van der Waals surface area contributed by atoms with Gasteiger partial charge in [0, 0.05) is 13.7 Å². The van der Waals surface area contributed by atoms with Gasteiger partial charge in [0.1, 0.15) is 0 Å². The van der Waals surface area contributed by atoms with E-state index in [0.29, 0.717) is 39.6 Å². The first-order valence-electron chi connectivity index (χ1n) is 5.25. The molecule has 0 aromatic carbocycles. The van der Waals surface area contributed by atoms with E-state index < -0.39 is 0 Å². The SMILES string of the molecule is COCCOCCOCCOCCCS. The average Bonchev–Trinajstić information content (AvgIpc) is 2.26. The van der Waals surface area contributed by atoms with E-state index in [4.69, 9.17) is 18.9 Å². The third-order valence-corrected chi connectivity index (χ3v) is 1.94. The van der Waals surface area contributed by atoms with E-state index in [1.165, 1.54) is 0 Å². The first-order valence-corrected chi connectivity index (χ1v) is 5.88. The fourth-order valence-corrected chi connectivity index (χ4v) is 0.980. The average molecular weight is 238 g/mol. The zero-order valence-electron chi connectivity index (χ0n) is 9.44. The number of methoxy groups -OCH3 is 1. The number of ether oxygens (including phenoxy) is 4. The molecule has 0 fully saturated rings. The summed E-state index contributed by atoms with van der Waals surface area (Å²) in [6, 6.07) is 0. The predicted octanol–water partition coefficient (Wildman–Crippen LogP) is 1.00. The van der Waals surface area contributed by atoms with Gasteiger partial charge in [0.2, 0.25) is 0 Å². The summed E-state index contributed by atoms with van der Waals surface area (Å²) in [4.78, 5) is 0. The highest BCUT2D eigenvalue weighted by Gasteiger charge is 1.91. The Balaban J connectivity index is 2.81. The third-order valence-electron chi connectivity index (χ3n) is 1.62. The molecular formula is C10H22O4S. The van der Waals surface area contributed by atoms with Crippen LogP contribution < -0.4 is 0 Å². The van der Waals surface area contributed by atoms with E-state index in [2.05, 4.69) is 12.6 Å². The molecule has 15 heavy (non-hydrogen) atoms. The molecule has 0 aliphatic rings. The van der Waals surface area contributed by atoms with Crippen LogP contribution in [0.25, 0.3) is 0 Å². The van der Waals surface area contributed by atoms with Gasteiger partial charge in [0.25, 0.3) is 0 Å². The Hall–Kier alpha value is 0.190. The largest absolute Gasteiger partial charge is 0.382 e. The maximum Gasteiger partial charge on any atom is 0.0701 e. The van der Waals surface area contributed by atoms with Crippen LogP contribution in [-0.4, -0.2) is 59.1 Å². The van der Waals surface area contributed by atoms with Crippen molar-refractivity contribution in [2.24, 2.45) is 0 Å². The zero-order valence-corrected chi connectivity index (χ0v) is 10.3. The zero-order chi connectivity index (χ0) is 11.2. The van der Waals surface area contributed by atoms with Crippen molar-refractivity contribution in [3.8, 4) is 0 Å². The van der Waals surface area contributed by atoms with Gasteiger partial charge >= 0.3 is 0 Å². The Morgan fingerprint density at radius 3 is 1.67 bits per heavy atom. The van der Waals surface area contributed by atoms with Gasteiger partial charge in [-0.15, -0.1) is 0 Å². The van der Waals surface area contributed by atoms with Crippen LogP contribution in [0.2, 0.25) is 0 Å². The van der Waals surface area contributed by atoms with E-state index in [-0.39, 0.29) is 0 Å². The summed E-state index contributed by atoms with van der Waals surface area (Å²) in [6.45, 7) is 4.51. The van der Waals surface area contributed by atoms with Gasteiger partial charge in [-0.2, -0.15) is 12.6 Å². The Kier molecular flexibility index (Phi) is 14.4. The van der Waals surface area contributed by atoms with Gasteiger partial charge in [-0.05, 0) is 12.2 Å². The van der Waals surface area contributed by atoms with Gasteiger partial charge in [-0.25, -0.2) is 0 Å². The Morgan fingerprint density at radius 2 is 1.20 bits per heavy atom. The maximum atomic E-state index is 5.28. The van der Waals surface area contributed by atoms with Crippen molar-refractivity contribution in [1.82, 2.24) is 0 Å². The quantitative estimate of drug-likeness (QED) is 0.406. The van der Waals surface area contributed by atoms with E-state index in [9.17, 15) is 0 Å². The van der Waals surface area contributed by atoms with Crippen LogP contribution in [0.3, 0.4) is 0 Å². The highest BCUT2D eigenvalue weighted by molar-refractivity contribution is 7.80. The van der Waals surface area contributed by atoms with Crippen LogP contribution in [-0.2, 0) is 18.9 Å². The normalized spacial score (nSPS) is 10.8. The van der Waals surface area contributed by atoms with Crippen molar-refractivity contribution >= 4 is 12.6 Å². The number of rotatable bonds is 12. The Labute approximate surface area is 97.6 Å². The van der Waals surface area contributed by atoms with Crippen molar-refractivity contribution in [2.45, 2.75) is 6.42 Å². The third kappa shape index (κ3) is 14.2. The molecule has 92 valence electrons. The van der Waals surface area contributed by atoms with Crippen LogP contribution >= 0.6 is 12.6 Å². The molecule has 0 N–H and O–H groups in total. The molecule has 0 saturated carbocycles. The lowest BCUT2D eigenvalue weighted by Crippen LogP contribution is -2.11. The molecule has 0 amide bonds. The molecule has 0 radical (unpaired) electrons. The Morgan fingerprint density at radius 1 is 0.733 bits per heavy atom. The molecule has 0 aromatic heterocycles. The lowest BCUT2D eigenvalue weighted by Gasteiger charge is -2.06. The number of hydrogen-bond donors (Lipinski definition) is 1. The van der Waals surface area contributed by atoms with E-state index in [0.717, 1.165) is 18.8 Å². The topological polar surface area (TPSA) is 36.9 Å². The first-order chi connectivity index (χ1) is 7.41. The molecule has 0 aliphatic heterocycles. The highest BCUT2D eigenvalue weighted by atomic mass is 32.1. The van der Waals surface area contributed by atoms with E-state index in [1.54, 1.807) is 7.11 Å². The minimum absolute atomic E-state index is 0.611. The second kappa shape index (κ2) is 14.2. The summed E-state index contributed by atoms with van der Waals surface area (Å²) in [5.41, 5.74) is 0. The molecule has 0 saturated heterocycles. The molecule has 0 spiro atoms. The molecule has 0 unspecified atom stereocenters. The van der Waals surface area contributed by atoms with Gasteiger partial charge in [0.15, 0.2) is 0 Å². The van der Waals surface area contributed by atoms with Crippen LogP contribution in [0.15, 0.2) is 0 Å². The van der Waals surface area contributed by atoms with E-state index >= 15 is 0 Å². The lowest BCUT2D eigenvalue weighted by atomic mass is 10.5. The van der Waals surface area contributed by atoms with E-state index in [1.807, 2.05) is 0 Å². The van der Waals surface area contributed by atoms with Gasteiger partial charge in [-0.1, -0.05) is 0 Å². The fourth-order valence-electron chi connectivity index (χ4n) is 0.851. The van der Waals surface area contributed by atoms with Crippen LogP contribution in [0.5, 0.6) is 0 Å². The summed E-state index contributed by atoms with van der Waals surface area (Å²) in [7, 11) is 1.65. The standard InChI is InChI=1S/C10H22O4S/c1-11-4-5-13-8-9-14-7-6-12-3-2-10-15/h15H,2-10H2,1H3. The number of hydrogen-bond acceptors (Lipinski definition) is 5. The highest BCUT2D eigenvalue weighted by Crippen LogP contribution is 1.86. The molecule has 0 heterocycles. The van der Waals surface area contributed by atoms with Gasteiger partial charge < -0.3 is 18.9 Å². The second-order valence-electron chi connectivity index (χ2n) is 2.91. The predicted molar refractivity (Wildman–Crippen MR) is 62.8 cm³/mol. The molecular weight excluding hydrogens is 216 g/mol.